The van der Waals surface area contributed by atoms with Gasteiger partial charge in [0, 0.05) is 29.7 Å². The Morgan fingerprint density at radius 1 is 1.00 bits per heavy atom. The molecule has 0 bridgehead atoms. The van der Waals surface area contributed by atoms with Gasteiger partial charge in [-0.1, -0.05) is 30.3 Å². The highest BCUT2D eigenvalue weighted by atomic mass is 16.6. The lowest BCUT2D eigenvalue weighted by molar-refractivity contribution is -0.729. The van der Waals surface area contributed by atoms with Crippen LogP contribution in [0.25, 0.3) is 5.69 Å². The number of hydrogen-bond donors (Lipinski definition) is 3. The highest BCUT2D eigenvalue weighted by Crippen LogP contribution is 2.17. The lowest BCUT2D eigenvalue weighted by Crippen LogP contribution is -2.38. The van der Waals surface area contributed by atoms with Crippen molar-refractivity contribution >= 4 is 11.6 Å². The van der Waals surface area contributed by atoms with Gasteiger partial charge in [-0.05, 0) is 29.8 Å². The van der Waals surface area contributed by atoms with Gasteiger partial charge in [-0.15, -0.1) is 0 Å². The van der Waals surface area contributed by atoms with Crippen LogP contribution in [0, 0.1) is 4.91 Å². The molecule has 7 heteroatoms. The summed E-state index contributed by atoms with van der Waals surface area (Å²) in [5, 5.41) is 8.89. The molecule has 0 fully saturated rings. The standard InChI is InChI=1S/C19H18N4O3/c24-19(13-15-5-2-1-3-6-15)21-20-14-18-7-4-12-22(18)16-8-10-17(11-9-16)23(25)26/h1-12,20H,13-14H2,(H-,21,24,25,26)/p+1. The molecule has 1 amide bonds. The summed E-state index contributed by atoms with van der Waals surface area (Å²) in [6, 6.07) is 19.9. The fourth-order valence-electron chi connectivity index (χ4n) is 2.61. The number of nitrogens with zero attached hydrogens (tertiary/aromatic N) is 2. The first-order chi connectivity index (χ1) is 12.6. The van der Waals surface area contributed by atoms with Crippen molar-refractivity contribution in [1.82, 2.24) is 15.4 Å². The second kappa shape index (κ2) is 8.09. The highest BCUT2D eigenvalue weighted by Gasteiger charge is 2.11. The molecule has 0 aliphatic rings. The van der Waals surface area contributed by atoms with E-state index in [-0.39, 0.29) is 16.5 Å². The smallest absolute Gasteiger partial charge is 0.316 e. The van der Waals surface area contributed by atoms with Crippen LogP contribution < -0.4 is 10.9 Å². The fourth-order valence-corrected chi connectivity index (χ4v) is 2.61. The summed E-state index contributed by atoms with van der Waals surface area (Å²) in [7, 11) is 0. The predicted octanol–water partition coefficient (Wildman–Crippen LogP) is 2.64. The molecule has 132 valence electrons. The molecule has 0 unspecified atom stereocenters. The summed E-state index contributed by atoms with van der Waals surface area (Å²) < 4.78 is 1.92. The summed E-state index contributed by atoms with van der Waals surface area (Å²) in [5.74, 6) is -0.114. The summed E-state index contributed by atoms with van der Waals surface area (Å²) >= 11 is 0. The second-order valence-electron chi connectivity index (χ2n) is 5.72. The molecule has 1 aromatic heterocycles. The molecular weight excluding hydrogens is 332 g/mol. The molecule has 0 aliphatic carbocycles. The Labute approximate surface area is 150 Å². The summed E-state index contributed by atoms with van der Waals surface area (Å²) in [6.45, 7) is 0.433. The minimum atomic E-state index is -0.176. The molecule has 3 aromatic rings. The maximum Gasteiger partial charge on any atom is 0.316 e. The van der Waals surface area contributed by atoms with Crippen molar-refractivity contribution in [3.05, 3.63) is 89.1 Å². The van der Waals surface area contributed by atoms with Crippen molar-refractivity contribution in [2.45, 2.75) is 13.0 Å². The van der Waals surface area contributed by atoms with E-state index in [2.05, 4.69) is 10.9 Å². The van der Waals surface area contributed by atoms with Crippen molar-refractivity contribution in [2.24, 2.45) is 0 Å². The number of hydrazine groups is 1. The van der Waals surface area contributed by atoms with Crippen molar-refractivity contribution in [2.75, 3.05) is 0 Å². The van der Waals surface area contributed by atoms with Crippen LogP contribution in [0.2, 0.25) is 0 Å². The van der Waals surface area contributed by atoms with E-state index in [1.165, 1.54) is 12.1 Å². The zero-order chi connectivity index (χ0) is 18.4. The molecule has 0 atom stereocenters. The van der Waals surface area contributed by atoms with E-state index in [4.69, 9.17) is 5.21 Å². The maximum atomic E-state index is 12.0. The molecule has 0 saturated carbocycles. The van der Waals surface area contributed by atoms with Gasteiger partial charge in [-0.2, -0.15) is 0 Å². The molecule has 2 aromatic carbocycles. The van der Waals surface area contributed by atoms with Gasteiger partial charge in [0.05, 0.1) is 17.9 Å². The Morgan fingerprint density at radius 3 is 2.42 bits per heavy atom. The van der Waals surface area contributed by atoms with E-state index in [1.807, 2.05) is 53.2 Å². The van der Waals surface area contributed by atoms with Gasteiger partial charge < -0.3 is 4.57 Å². The molecule has 26 heavy (non-hydrogen) atoms. The first-order valence-electron chi connectivity index (χ1n) is 8.12. The zero-order valence-electron chi connectivity index (χ0n) is 14.0. The topological polar surface area (TPSA) is 86.4 Å². The lowest BCUT2D eigenvalue weighted by Gasteiger charge is -2.11. The number of hydrogen-bond acceptors (Lipinski definition) is 3. The number of carbonyl (C=O) groups excluding carboxylic acids is 1. The number of nitrogens with one attached hydrogen (secondary N) is 2. The van der Waals surface area contributed by atoms with Crippen molar-refractivity contribution in [3.8, 4) is 5.69 Å². The minimum absolute atomic E-state index is 0.114. The van der Waals surface area contributed by atoms with E-state index in [0.29, 0.717) is 13.0 Å². The largest absolute Gasteiger partial charge is 0.320 e. The lowest BCUT2D eigenvalue weighted by atomic mass is 10.1. The van der Waals surface area contributed by atoms with Crippen LogP contribution in [0.1, 0.15) is 11.3 Å². The van der Waals surface area contributed by atoms with Crippen LogP contribution in [0.4, 0.5) is 5.69 Å². The van der Waals surface area contributed by atoms with E-state index in [0.717, 1.165) is 16.9 Å². The summed E-state index contributed by atoms with van der Waals surface area (Å²) in [5.41, 5.74) is 8.50. The van der Waals surface area contributed by atoms with Crippen molar-refractivity contribution in [3.63, 3.8) is 0 Å². The average Bonchev–Trinajstić information content (AvgIpc) is 3.11. The third-order valence-corrected chi connectivity index (χ3v) is 3.89. The van der Waals surface area contributed by atoms with Gasteiger partial charge in [0.15, 0.2) is 0 Å². The third-order valence-electron chi connectivity index (χ3n) is 3.89. The Hall–Kier alpha value is -3.45. The molecule has 1 heterocycles. The number of benzene rings is 2. The molecule has 3 rings (SSSR count). The monoisotopic (exact) mass is 351 g/mol. The molecule has 0 radical (unpaired) electrons. The van der Waals surface area contributed by atoms with Gasteiger partial charge in [-0.3, -0.25) is 10.2 Å². The Kier molecular flexibility index (Phi) is 5.40. The second-order valence-corrected chi connectivity index (χ2v) is 5.72. The Morgan fingerprint density at radius 2 is 1.73 bits per heavy atom. The highest BCUT2D eigenvalue weighted by molar-refractivity contribution is 5.78. The zero-order valence-corrected chi connectivity index (χ0v) is 14.0. The molecule has 7 nitrogen and oxygen atoms in total. The quantitative estimate of drug-likeness (QED) is 0.571. The number of carbonyl (C=O) groups is 1. The van der Waals surface area contributed by atoms with E-state index in [1.54, 1.807) is 12.1 Å². The summed E-state index contributed by atoms with van der Waals surface area (Å²) in [4.78, 5) is 22.6. The molecular formula is C19H19N4O3+. The minimum Gasteiger partial charge on any atom is -0.320 e. The first-order valence-corrected chi connectivity index (χ1v) is 8.12. The van der Waals surface area contributed by atoms with Crippen LogP contribution in [-0.2, 0) is 17.8 Å². The van der Waals surface area contributed by atoms with E-state index < -0.39 is 0 Å². The average molecular weight is 351 g/mol. The van der Waals surface area contributed by atoms with Gasteiger partial charge in [0.25, 0.3) is 4.92 Å². The number of rotatable bonds is 7. The molecule has 3 N–H and O–H groups in total. The van der Waals surface area contributed by atoms with Gasteiger partial charge in [-0.25, -0.2) is 10.6 Å². The first kappa shape index (κ1) is 17.4. The number of amides is 1. The third kappa shape index (κ3) is 4.34. The Bertz CT molecular complexity index is 889. The maximum absolute atomic E-state index is 12.0. The SMILES string of the molecule is O=C(Cc1ccccc1)NNCc1cccn1-c1ccc([N+](=O)O)cc1. The van der Waals surface area contributed by atoms with Crippen molar-refractivity contribution < 1.29 is 14.9 Å². The van der Waals surface area contributed by atoms with Gasteiger partial charge in [0.1, 0.15) is 0 Å². The summed E-state index contributed by atoms with van der Waals surface area (Å²) in [6.07, 6.45) is 2.19. The van der Waals surface area contributed by atoms with Crippen LogP contribution in [0.5, 0.6) is 0 Å². The van der Waals surface area contributed by atoms with E-state index in [9.17, 15) is 9.70 Å². The Balaban J connectivity index is 1.57. The van der Waals surface area contributed by atoms with Crippen LogP contribution >= 0.6 is 0 Å². The van der Waals surface area contributed by atoms with Crippen LogP contribution in [-0.4, -0.2) is 20.6 Å². The normalized spacial score (nSPS) is 10.5. The van der Waals surface area contributed by atoms with Gasteiger partial charge in [0.2, 0.25) is 5.91 Å². The molecule has 0 spiro atoms. The predicted molar refractivity (Wildman–Crippen MR) is 96.0 cm³/mol. The van der Waals surface area contributed by atoms with E-state index >= 15 is 0 Å². The van der Waals surface area contributed by atoms with Gasteiger partial charge >= 0.3 is 5.69 Å². The molecule has 0 aliphatic heterocycles. The van der Waals surface area contributed by atoms with Crippen LogP contribution in [0.15, 0.2) is 72.9 Å². The van der Waals surface area contributed by atoms with Crippen LogP contribution in [0.3, 0.4) is 0 Å². The molecule has 0 saturated heterocycles. The number of aromatic nitrogens is 1. The fraction of sp³-hybridized carbons (Fsp3) is 0.105. The van der Waals surface area contributed by atoms with Crippen molar-refractivity contribution in [1.29, 1.82) is 0 Å².